The molecule has 0 amide bonds. The van der Waals surface area contributed by atoms with Gasteiger partial charge in [0.15, 0.2) is 0 Å². The number of hydrogen-bond acceptors (Lipinski definition) is 10. The Hall–Kier alpha value is -2.90. The molecule has 156 valence electrons. The van der Waals surface area contributed by atoms with Crippen LogP contribution in [-0.4, -0.2) is 45.2 Å². The van der Waals surface area contributed by atoms with Gasteiger partial charge in [-0.05, 0) is 30.5 Å². The molecule has 0 atom stereocenters. The summed E-state index contributed by atoms with van der Waals surface area (Å²) >= 11 is 1.10. The van der Waals surface area contributed by atoms with Crippen molar-refractivity contribution in [2.75, 3.05) is 19.9 Å². The van der Waals surface area contributed by atoms with Gasteiger partial charge in [0.1, 0.15) is 18.9 Å². The fraction of sp³-hybridized carbons (Fsp3) is 0.250. The van der Waals surface area contributed by atoms with Gasteiger partial charge in [-0.3, -0.25) is 14.9 Å². The van der Waals surface area contributed by atoms with Gasteiger partial charge in [-0.15, -0.1) is 11.8 Å². The third-order valence-corrected chi connectivity index (χ3v) is 5.67. The predicted octanol–water partition coefficient (Wildman–Crippen LogP) is 1.72. The summed E-state index contributed by atoms with van der Waals surface area (Å²) < 4.78 is 41.0. The zero-order valence-electron chi connectivity index (χ0n) is 15.2. The van der Waals surface area contributed by atoms with Crippen molar-refractivity contribution in [3.8, 4) is 0 Å². The molecule has 2 rings (SSSR count). The number of sulfonamides is 1. The average Bonchev–Trinajstić information content (AvgIpc) is 3.18. The Morgan fingerprint density at radius 2 is 2.00 bits per heavy atom. The van der Waals surface area contributed by atoms with E-state index in [4.69, 9.17) is 9.15 Å². The number of nitrogens with zero attached hydrogens (tertiary/aromatic N) is 1. The van der Waals surface area contributed by atoms with Gasteiger partial charge in [-0.25, -0.2) is 13.2 Å². The SMILES string of the molecule is COC(=O)c1ccc(COC(=O)CNS(=O)(=O)c2ccc(SC)c([N+](=O)[O-])c2)o1. The molecule has 13 heteroatoms. The summed E-state index contributed by atoms with van der Waals surface area (Å²) in [5.74, 6) is -1.53. The summed E-state index contributed by atoms with van der Waals surface area (Å²) in [4.78, 5) is 33.4. The molecule has 0 spiro atoms. The van der Waals surface area contributed by atoms with E-state index in [1.165, 1.54) is 31.4 Å². The van der Waals surface area contributed by atoms with Crippen LogP contribution in [0.1, 0.15) is 16.3 Å². The van der Waals surface area contributed by atoms with Gasteiger partial charge < -0.3 is 13.9 Å². The minimum atomic E-state index is -4.18. The summed E-state index contributed by atoms with van der Waals surface area (Å²) in [6.07, 6.45) is 1.62. The van der Waals surface area contributed by atoms with Crippen LogP contribution in [0.4, 0.5) is 5.69 Å². The molecule has 0 unspecified atom stereocenters. The molecular weight excluding hydrogens is 428 g/mol. The molecule has 0 bridgehead atoms. The summed E-state index contributed by atoms with van der Waals surface area (Å²) in [6.45, 7) is -1.03. The molecule has 1 aromatic heterocycles. The zero-order valence-corrected chi connectivity index (χ0v) is 16.9. The topological polar surface area (TPSA) is 155 Å². The van der Waals surface area contributed by atoms with Gasteiger partial charge in [0.2, 0.25) is 15.8 Å². The Morgan fingerprint density at radius 1 is 1.28 bits per heavy atom. The normalized spacial score (nSPS) is 11.1. The quantitative estimate of drug-likeness (QED) is 0.261. The second-order valence-corrected chi connectivity index (χ2v) is 7.95. The zero-order chi connectivity index (χ0) is 21.6. The van der Waals surface area contributed by atoms with E-state index in [9.17, 15) is 28.1 Å². The van der Waals surface area contributed by atoms with Gasteiger partial charge >= 0.3 is 11.9 Å². The highest BCUT2D eigenvalue weighted by molar-refractivity contribution is 7.98. The molecule has 0 aliphatic heterocycles. The maximum atomic E-state index is 12.3. The second kappa shape index (κ2) is 9.54. The van der Waals surface area contributed by atoms with E-state index in [1.807, 2.05) is 4.72 Å². The summed E-state index contributed by atoms with van der Waals surface area (Å²) in [5, 5.41) is 11.1. The van der Waals surface area contributed by atoms with Crippen molar-refractivity contribution in [3.05, 3.63) is 52.0 Å². The number of nitro benzene ring substituents is 1. The summed E-state index contributed by atoms with van der Waals surface area (Å²) in [5.41, 5.74) is -0.359. The molecule has 0 saturated heterocycles. The molecular formula is C16H16N2O9S2. The number of hydrogen-bond donors (Lipinski definition) is 1. The van der Waals surface area contributed by atoms with E-state index >= 15 is 0 Å². The number of benzene rings is 1. The number of esters is 2. The lowest BCUT2D eigenvalue weighted by molar-refractivity contribution is -0.387. The van der Waals surface area contributed by atoms with E-state index in [0.29, 0.717) is 4.90 Å². The van der Waals surface area contributed by atoms with E-state index in [2.05, 4.69) is 4.74 Å². The molecule has 0 saturated carbocycles. The third kappa shape index (κ3) is 5.79. The van der Waals surface area contributed by atoms with Crippen LogP contribution in [0.2, 0.25) is 0 Å². The monoisotopic (exact) mass is 444 g/mol. The number of carbonyl (C=O) groups excluding carboxylic acids is 2. The third-order valence-electron chi connectivity index (χ3n) is 3.49. The first-order valence-corrected chi connectivity index (χ1v) is 10.5. The van der Waals surface area contributed by atoms with Crippen molar-refractivity contribution in [2.45, 2.75) is 16.4 Å². The highest BCUT2D eigenvalue weighted by Crippen LogP contribution is 2.29. The Labute approximate surface area is 169 Å². The first kappa shape index (κ1) is 22.4. The van der Waals surface area contributed by atoms with Crippen LogP contribution >= 0.6 is 11.8 Å². The highest BCUT2D eigenvalue weighted by Gasteiger charge is 2.22. The minimum absolute atomic E-state index is 0.0745. The van der Waals surface area contributed by atoms with Crippen LogP contribution in [0.3, 0.4) is 0 Å². The Bertz CT molecular complexity index is 1030. The molecule has 1 heterocycles. The van der Waals surface area contributed by atoms with Crippen LogP contribution in [0.5, 0.6) is 0 Å². The molecule has 2 aromatic rings. The standard InChI is InChI=1S/C16H16N2O9S2/c1-25-16(20)13-5-3-10(27-13)9-26-15(19)8-17-29(23,24)11-4-6-14(28-2)12(7-11)18(21)22/h3-7,17H,8-9H2,1-2H3. The van der Waals surface area contributed by atoms with Crippen molar-refractivity contribution in [1.29, 1.82) is 0 Å². The van der Waals surface area contributed by atoms with Crippen molar-refractivity contribution < 1.29 is 36.8 Å². The van der Waals surface area contributed by atoms with Gasteiger partial charge in [-0.2, -0.15) is 4.72 Å². The Morgan fingerprint density at radius 3 is 2.62 bits per heavy atom. The first-order chi connectivity index (χ1) is 13.7. The first-order valence-electron chi connectivity index (χ1n) is 7.82. The van der Waals surface area contributed by atoms with Crippen molar-refractivity contribution in [3.63, 3.8) is 0 Å². The molecule has 0 radical (unpaired) electrons. The lowest BCUT2D eigenvalue weighted by Gasteiger charge is -2.08. The van der Waals surface area contributed by atoms with Crippen LogP contribution in [-0.2, 0) is 30.9 Å². The number of carbonyl (C=O) groups is 2. The van der Waals surface area contributed by atoms with Crippen LogP contribution in [0.25, 0.3) is 0 Å². The van der Waals surface area contributed by atoms with Crippen LogP contribution in [0.15, 0.2) is 44.5 Å². The fourth-order valence-corrected chi connectivity index (χ4v) is 3.62. The lowest BCUT2D eigenvalue weighted by atomic mass is 10.3. The predicted molar refractivity (Wildman–Crippen MR) is 99.9 cm³/mol. The average molecular weight is 444 g/mol. The number of methoxy groups -OCH3 is 1. The summed E-state index contributed by atoms with van der Waals surface area (Å²) in [7, 11) is -3.00. The largest absolute Gasteiger partial charge is 0.463 e. The van der Waals surface area contributed by atoms with Crippen molar-refractivity contribution >= 4 is 39.4 Å². The van der Waals surface area contributed by atoms with E-state index in [-0.39, 0.29) is 28.7 Å². The summed E-state index contributed by atoms with van der Waals surface area (Å²) in [6, 6.07) is 6.16. The van der Waals surface area contributed by atoms with Crippen LogP contribution < -0.4 is 4.72 Å². The molecule has 1 N–H and O–H groups in total. The number of nitrogens with one attached hydrogen (secondary N) is 1. The lowest BCUT2D eigenvalue weighted by Crippen LogP contribution is -2.30. The smallest absolute Gasteiger partial charge is 0.373 e. The molecule has 11 nitrogen and oxygen atoms in total. The molecule has 0 aliphatic rings. The highest BCUT2D eigenvalue weighted by atomic mass is 32.2. The van der Waals surface area contributed by atoms with Crippen molar-refractivity contribution in [2.24, 2.45) is 0 Å². The molecule has 0 aliphatic carbocycles. The van der Waals surface area contributed by atoms with Gasteiger partial charge in [0.05, 0.1) is 21.8 Å². The number of furan rings is 1. The maximum Gasteiger partial charge on any atom is 0.373 e. The fourth-order valence-electron chi connectivity index (χ4n) is 2.09. The number of ether oxygens (including phenoxy) is 2. The second-order valence-electron chi connectivity index (χ2n) is 5.33. The molecule has 29 heavy (non-hydrogen) atoms. The number of thioether (sulfide) groups is 1. The maximum absolute atomic E-state index is 12.3. The van der Waals surface area contributed by atoms with E-state index in [0.717, 1.165) is 17.8 Å². The molecule has 0 fully saturated rings. The Balaban J connectivity index is 1.97. The van der Waals surface area contributed by atoms with E-state index < -0.39 is 33.4 Å². The number of nitro groups is 1. The Kier molecular flexibility index (Phi) is 7.36. The number of rotatable bonds is 9. The molecule has 1 aromatic carbocycles. The van der Waals surface area contributed by atoms with Gasteiger partial charge in [0, 0.05) is 6.07 Å². The minimum Gasteiger partial charge on any atom is -0.463 e. The van der Waals surface area contributed by atoms with Gasteiger partial charge in [-0.1, -0.05) is 0 Å². The van der Waals surface area contributed by atoms with Gasteiger partial charge in [0.25, 0.3) is 5.69 Å². The van der Waals surface area contributed by atoms with Crippen molar-refractivity contribution in [1.82, 2.24) is 4.72 Å². The van der Waals surface area contributed by atoms with Crippen LogP contribution in [0, 0.1) is 10.1 Å². The van der Waals surface area contributed by atoms with E-state index in [1.54, 1.807) is 6.26 Å².